The summed E-state index contributed by atoms with van der Waals surface area (Å²) in [6, 6.07) is 17.5. The van der Waals surface area contributed by atoms with Crippen molar-refractivity contribution in [2.45, 2.75) is 52.6 Å². The summed E-state index contributed by atoms with van der Waals surface area (Å²) in [5.74, 6) is -5.55. The molecular formula is C33H36N2O6. The summed E-state index contributed by atoms with van der Waals surface area (Å²) in [6.45, 7) is 8.97. The third-order valence-corrected chi connectivity index (χ3v) is 7.85. The van der Waals surface area contributed by atoms with Crippen LogP contribution < -0.4 is 10.6 Å². The second-order valence-electron chi connectivity index (χ2n) is 11.2. The summed E-state index contributed by atoms with van der Waals surface area (Å²) in [4.78, 5) is 53.5. The average Bonchev–Trinajstić information content (AvgIpc) is 2.91. The molecule has 4 unspecified atom stereocenters. The van der Waals surface area contributed by atoms with E-state index in [1.54, 1.807) is 12.1 Å². The molecule has 8 heteroatoms. The van der Waals surface area contributed by atoms with Crippen molar-refractivity contribution < 1.29 is 29.0 Å². The zero-order chi connectivity index (χ0) is 30.1. The van der Waals surface area contributed by atoms with Crippen LogP contribution in [0.5, 0.6) is 0 Å². The first-order chi connectivity index (χ1) is 19.3. The van der Waals surface area contributed by atoms with Crippen molar-refractivity contribution in [3.8, 4) is 0 Å². The molecule has 0 saturated heterocycles. The molecule has 1 aliphatic rings. The summed E-state index contributed by atoms with van der Waals surface area (Å²) < 4.78 is 4.80. The number of ether oxygens (including phenoxy) is 1. The minimum absolute atomic E-state index is 0.276. The lowest BCUT2D eigenvalue weighted by Crippen LogP contribution is -2.56. The molecule has 0 aliphatic heterocycles. The van der Waals surface area contributed by atoms with Crippen molar-refractivity contribution in [2.75, 3.05) is 17.7 Å². The van der Waals surface area contributed by atoms with E-state index in [1.165, 1.54) is 26.2 Å². The third-order valence-electron chi connectivity index (χ3n) is 7.85. The van der Waals surface area contributed by atoms with E-state index in [4.69, 9.17) is 4.74 Å². The molecule has 0 spiro atoms. The Hall–Kier alpha value is -4.30. The minimum atomic E-state index is -1.75. The fourth-order valence-electron chi connectivity index (χ4n) is 5.61. The van der Waals surface area contributed by atoms with Gasteiger partial charge < -0.3 is 20.5 Å². The van der Waals surface area contributed by atoms with Gasteiger partial charge in [-0.1, -0.05) is 36.4 Å². The summed E-state index contributed by atoms with van der Waals surface area (Å²) in [5.41, 5.74) is 3.67. The number of benzene rings is 3. The zero-order valence-electron chi connectivity index (χ0n) is 24.2. The van der Waals surface area contributed by atoms with Crippen molar-refractivity contribution >= 4 is 34.9 Å². The van der Waals surface area contributed by atoms with Gasteiger partial charge in [0.2, 0.25) is 11.8 Å². The van der Waals surface area contributed by atoms with Gasteiger partial charge >= 0.3 is 5.97 Å². The lowest BCUT2D eigenvalue weighted by Gasteiger charge is -2.44. The van der Waals surface area contributed by atoms with E-state index in [1.807, 2.05) is 64.1 Å². The number of anilines is 2. The number of hydrogen-bond acceptors (Lipinski definition) is 6. The number of amides is 2. The van der Waals surface area contributed by atoms with Crippen LogP contribution in [0.3, 0.4) is 0 Å². The molecule has 0 aromatic heterocycles. The highest BCUT2D eigenvalue weighted by Crippen LogP contribution is 2.47. The highest BCUT2D eigenvalue weighted by molar-refractivity contribution is 6.10. The predicted molar refractivity (Wildman–Crippen MR) is 157 cm³/mol. The Morgan fingerprint density at radius 1 is 0.829 bits per heavy atom. The van der Waals surface area contributed by atoms with Crippen LogP contribution in [0.25, 0.3) is 0 Å². The number of aryl methyl sites for hydroxylation is 4. The number of hydrogen-bond donors (Lipinski definition) is 3. The van der Waals surface area contributed by atoms with Crippen LogP contribution in [0.2, 0.25) is 0 Å². The molecule has 4 rings (SSSR count). The highest BCUT2D eigenvalue weighted by Gasteiger charge is 2.56. The van der Waals surface area contributed by atoms with Crippen LogP contribution >= 0.6 is 0 Å². The number of rotatable bonds is 6. The highest BCUT2D eigenvalue weighted by atomic mass is 16.5. The topological polar surface area (TPSA) is 122 Å². The number of esters is 1. The molecule has 8 nitrogen and oxygen atoms in total. The van der Waals surface area contributed by atoms with Crippen molar-refractivity contribution in [3.05, 3.63) is 94.0 Å². The van der Waals surface area contributed by atoms with Gasteiger partial charge in [0.15, 0.2) is 0 Å². The van der Waals surface area contributed by atoms with E-state index >= 15 is 0 Å². The molecule has 0 heterocycles. The van der Waals surface area contributed by atoms with Gasteiger partial charge in [-0.3, -0.25) is 14.4 Å². The number of carbonyl (C=O) groups excluding carboxylic acids is 4. The van der Waals surface area contributed by atoms with Gasteiger partial charge in [0.1, 0.15) is 11.7 Å². The predicted octanol–water partition coefficient (Wildman–Crippen LogP) is 5.02. The maximum absolute atomic E-state index is 14.0. The lowest BCUT2D eigenvalue weighted by atomic mass is 9.61. The Morgan fingerprint density at radius 3 is 1.85 bits per heavy atom. The molecule has 1 aliphatic carbocycles. The van der Waals surface area contributed by atoms with Gasteiger partial charge in [0.25, 0.3) is 0 Å². The van der Waals surface area contributed by atoms with Crippen molar-refractivity contribution in [1.82, 2.24) is 0 Å². The maximum atomic E-state index is 14.0. The summed E-state index contributed by atoms with van der Waals surface area (Å²) in [5, 5.41) is 17.4. The normalized spacial score (nSPS) is 22.1. The second-order valence-corrected chi connectivity index (χ2v) is 11.2. The number of ketones is 1. The van der Waals surface area contributed by atoms with Gasteiger partial charge in [-0.2, -0.15) is 0 Å². The average molecular weight is 557 g/mol. The molecule has 2 amide bonds. The lowest BCUT2D eigenvalue weighted by molar-refractivity contribution is -0.150. The van der Waals surface area contributed by atoms with Crippen LogP contribution in [-0.2, 0) is 19.1 Å². The molecule has 214 valence electrons. The molecule has 3 N–H and O–H groups in total. The Morgan fingerprint density at radius 2 is 1.34 bits per heavy atom. The summed E-state index contributed by atoms with van der Waals surface area (Å²) in [7, 11) is 1.27. The first-order valence-electron chi connectivity index (χ1n) is 13.5. The fourth-order valence-corrected chi connectivity index (χ4v) is 5.61. The molecule has 0 radical (unpaired) electrons. The van der Waals surface area contributed by atoms with E-state index in [9.17, 15) is 24.3 Å². The number of nitrogens with one attached hydrogen (secondary N) is 2. The van der Waals surface area contributed by atoms with Gasteiger partial charge in [0, 0.05) is 23.7 Å². The number of carbonyl (C=O) groups is 4. The molecule has 4 atom stereocenters. The first-order valence-corrected chi connectivity index (χ1v) is 13.5. The van der Waals surface area contributed by atoms with E-state index in [0.717, 1.165) is 22.3 Å². The fraction of sp³-hybridized carbons (Fsp3) is 0.333. The van der Waals surface area contributed by atoms with Crippen LogP contribution in [0.15, 0.2) is 60.7 Å². The van der Waals surface area contributed by atoms with Crippen molar-refractivity contribution in [1.29, 1.82) is 0 Å². The van der Waals surface area contributed by atoms with Crippen LogP contribution in [0, 0.1) is 39.5 Å². The van der Waals surface area contributed by atoms with E-state index in [0.29, 0.717) is 16.9 Å². The summed E-state index contributed by atoms with van der Waals surface area (Å²) in [6.07, 6.45) is -0.375. The van der Waals surface area contributed by atoms with Crippen molar-refractivity contribution in [2.24, 2.45) is 11.8 Å². The second kappa shape index (κ2) is 11.7. The molecule has 0 bridgehead atoms. The molecule has 1 saturated carbocycles. The minimum Gasteiger partial charge on any atom is -0.465 e. The monoisotopic (exact) mass is 556 g/mol. The summed E-state index contributed by atoms with van der Waals surface area (Å²) >= 11 is 0. The van der Waals surface area contributed by atoms with Crippen LogP contribution in [-0.4, -0.2) is 41.4 Å². The quantitative estimate of drug-likeness (QED) is 0.289. The Balaban J connectivity index is 1.81. The van der Waals surface area contributed by atoms with E-state index < -0.39 is 46.9 Å². The van der Waals surface area contributed by atoms with Gasteiger partial charge in [-0.25, -0.2) is 4.79 Å². The Kier molecular flexibility index (Phi) is 8.44. The smallest absolute Gasteiger partial charge is 0.337 e. The molecule has 3 aromatic rings. The van der Waals surface area contributed by atoms with E-state index in [2.05, 4.69) is 10.6 Å². The molecule has 1 fully saturated rings. The Bertz CT molecular complexity index is 1510. The SMILES string of the molecule is COC(=O)c1ccc(C2C(C(=O)Nc3cc(C)ccc3C)C(=O)CC(C)(O)C2C(=O)Nc2cc(C)ccc2C)cc1. The number of aliphatic hydroxyl groups is 1. The van der Waals surface area contributed by atoms with E-state index in [-0.39, 0.29) is 12.0 Å². The van der Waals surface area contributed by atoms with Crippen LogP contribution in [0.1, 0.15) is 57.4 Å². The van der Waals surface area contributed by atoms with Gasteiger partial charge in [-0.15, -0.1) is 0 Å². The number of Topliss-reactive ketones (excluding diaryl/α,β-unsaturated/α-hetero) is 1. The number of methoxy groups -OCH3 is 1. The zero-order valence-corrected chi connectivity index (χ0v) is 24.2. The van der Waals surface area contributed by atoms with Crippen LogP contribution in [0.4, 0.5) is 11.4 Å². The van der Waals surface area contributed by atoms with Gasteiger partial charge in [0.05, 0.1) is 24.2 Å². The standard InChI is InChI=1S/C33H36N2O6/c1-18-7-9-20(3)24(15-18)34-30(37)28-26(36)17-33(5,40)29(31(38)35-25-16-19(2)8-10-21(25)4)27(28)22-11-13-23(14-12-22)32(39)41-6/h7-16,27-29,40H,17H2,1-6H3,(H,34,37)(H,35,38). The molecule has 3 aromatic carbocycles. The molecule has 41 heavy (non-hydrogen) atoms. The molecular weight excluding hydrogens is 520 g/mol. The van der Waals surface area contributed by atoms with Gasteiger partial charge in [-0.05, 0) is 86.7 Å². The maximum Gasteiger partial charge on any atom is 0.337 e. The first kappa shape index (κ1) is 29.7. The largest absolute Gasteiger partial charge is 0.465 e. The Labute approximate surface area is 240 Å². The third kappa shape index (κ3) is 6.23. The van der Waals surface area contributed by atoms with Crippen molar-refractivity contribution in [3.63, 3.8) is 0 Å².